The Labute approximate surface area is 168 Å². The second kappa shape index (κ2) is 10.0. The third-order valence-electron chi connectivity index (χ3n) is 4.05. The van der Waals surface area contributed by atoms with Gasteiger partial charge in [-0.3, -0.25) is 4.79 Å². The Bertz CT molecular complexity index is 818. The number of aromatic nitrogens is 1. The normalized spacial score (nSPS) is 14.3. The third-order valence-corrected chi connectivity index (χ3v) is 5.00. The molecule has 2 heterocycles. The van der Waals surface area contributed by atoms with Gasteiger partial charge in [0.2, 0.25) is 5.91 Å². The average Bonchev–Trinajstić information content (AvgIpc) is 3.18. The van der Waals surface area contributed by atoms with Crippen LogP contribution in [0.2, 0.25) is 0 Å². The van der Waals surface area contributed by atoms with Crippen LogP contribution in [0.3, 0.4) is 0 Å². The maximum atomic E-state index is 12.1. The molecule has 0 atom stereocenters. The van der Waals surface area contributed by atoms with Gasteiger partial charge in [-0.2, -0.15) is 5.10 Å². The van der Waals surface area contributed by atoms with Crippen molar-refractivity contribution in [1.29, 1.82) is 0 Å². The van der Waals surface area contributed by atoms with Gasteiger partial charge in [-0.1, -0.05) is 0 Å². The largest absolute Gasteiger partial charge is 0.493 e. The Hall–Kier alpha value is -2.65. The van der Waals surface area contributed by atoms with Gasteiger partial charge in [-0.25, -0.2) is 10.4 Å². The first-order valence-corrected chi connectivity index (χ1v) is 9.97. The van der Waals surface area contributed by atoms with Gasteiger partial charge in [0, 0.05) is 18.5 Å². The molecule has 1 aromatic heterocycles. The third kappa shape index (κ3) is 5.43. The molecule has 1 amide bonds. The Kier molecular flexibility index (Phi) is 7.21. The number of amides is 1. The van der Waals surface area contributed by atoms with E-state index in [-0.39, 0.29) is 12.3 Å². The van der Waals surface area contributed by atoms with E-state index in [4.69, 9.17) is 14.2 Å². The zero-order valence-electron chi connectivity index (χ0n) is 16.0. The zero-order valence-corrected chi connectivity index (χ0v) is 16.8. The van der Waals surface area contributed by atoms with Gasteiger partial charge in [0.1, 0.15) is 0 Å². The molecular weight excluding hydrogens is 380 g/mol. The summed E-state index contributed by atoms with van der Waals surface area (Å²) >= 11 is 1.54. The highest BCUT2D eigenvalue weighted by atomic mass is 32.1. The number of hydrogen-bond donors (Lipinski definition) is 1. The molecule has 0 radical (unpaired) electrons. The van der Waals surface area contributed by atoms with E-state index in [2.05, 4.69) is 20.4 Å². The van der Waals surface area contributed by atoms with E-state index in [0.29, 0.717) is 31.3 Å². The maximum absolute atomic E-state index is 12.1. The van der Waals surface area contributed by atoms with Crippen molar-refractivity contribution in [3.05, 3.63) is 34.8 Å². The lowest BCUT2D eigenvalue weighted by molar-refractivity contribution is -0.120. The van der Waals surface area contributed by atoms with Crippen LogP contribution in [0.15, 0.2) is 28.7 Å². The SMILES string of the molecule is CCOc1ccc(/C=N\NC(=O)Cc2csc(N3CCOCC3)n2)cc1OC. The van der Waals surface area contributed by atoms with Crippen LogP contribution in [0, 0.1) is 0 Å². The number of morpholine rings is 1. The highest BCUT2D eigenvalue weighted by Crippen LogP contribution is 2.27. The molecule has 1 aromatic carbocycles. The van der Waals surface area contributed by atoms with Gasteiger partial charge in [0.05, 0.1) is 45.3 Å². The lowest BCUT2D eigenvalue weighted by Gasteiger charge is -2.26. The number of anilines is 1. The van der Waals surface area contributed by atoms with Gasteiger partial charge in [0.25, 0.3) is 0 Å². The molecule has 2 aromatic rings. The summed E-state index contributed by atoms with van der Waals surface area (Å²) in [7, 11) is 1.58. The number of carbonyl (C=O) groups is 1. The van der Waals surface area contributed by atoms with E-state index in [9.17, 15) is 4.79 Å². The lowest BCUT2D eigenvalue weighted by atomic mass is 10.2. The molecule has 0 unspecified atom stereocenters. The van der Waals surface area contributed by atoms with Crippen molar-refractivity contribution in [2.45, 2.75) is 13.3 Å². The maximum Gasteiger partial charge on any atom is 0.246 e. The molecule has 0 aliphatic carbocycles. The summed E-state index contributed by atoms with van der Waals surface area (Å²) in [5, 5.41) is 6.85. The van der Waals surface area contributed by atoms with Crippen LogP contribution < -0.4 is 19.8 Å². The van der Waals surface area contributed by atoms with Crippen molar-refractivity contribution in [2.75, 3.05) is 44.9 Å². The first kappa shape index (κ1) is 20.1. The number of carbonyl (C=O) groups excluding carboxylic acids is 1. The minimum atomic E-state index is -0.215. The number of methoxy groups -OCH3 is 1. The van der Waals surface area contributed by atoms with E-state index in [1.165, 1.54) is 0 Å². The number of nitrogens with zero attached hydrogens (tertiary/aromatic N) is 3. The van der Waals surface area contributed by atoms with E-state index in [1.54, 1.807) is 30.7 Å². The smallest absolute Gasteiger partial charge is 0.246 e. The van der Waals surface area contributed by atoms with E-state index in [0.717, 1.165) is 29.5 Å². The molecule has 0 bridgehead atoms. The molecule has 150 valence electrons. The van der Waals surface area contributed by atoms with E-state index >= 15 is 0 Å². The first-order valence-electron chi connectivity index (χ1n) is 9.09. The summed E-state index contributed by atoms with van der Waals surface area (Å²) in [5.74, 6) is 1.08. The first-order chi connectivity index (χ1) is 13.7. The molecular formula is C19H24N4O4S. The van der Waals surface area contributed by atoms with Crippen molar-refractivity contribution in [2.24, 2.45) is 5.10 Å². The highest BCUT2D eigenvalue weighted by Gasteiger charge is 2.15. The molecule has 3 rings (SSSR count). The van der Waals surface area contributed by atoms with E-state index < -0.39 is 0 Å². The topological polar surface area (TPSA) is 85.3 Å². The fourth-order valence-corrected chi connectivity index (χ4v) is 3.58. The van der Waals surface area contributed by atoms with Crippen LogP contribution in [0.4, 0.5) is 5.13 Å². The van der Waals surface area contributed by atoms with E-state index in [1.807, 2.05) is 24.4 Å². The number of rotatable bonds is 8. The Morgan fingerprint density at radius 1 is 1.39 bits per heavy atom. The summed E-state index contributed by atoms with van der Waals surface area (Å²) in [6.07, 6.45) is 1.75. The molecule has 1 N–H and O–H groups in total. The van der Waals surface area contributed by atoms with Gasteiger partial charge < -0.3 is 19.1 Å². The highest BCUT2D eigenvalue weighted by molar-refractivity contribution is 7.13. The van der Waals surface area contributed by atoms with Gasteiger partial charge in [0.15, 0.2) is 16.6 Å². The average molecular weight is 404 g/mol. The van der Waals surface area contributed by atoms with Gasteiger partial charge in [-0.05, 0) is 30.7 Å². The zero-order chi connectivity index (χ0) is 19.8. The summed E-state index contributed by atoms with van der Waals surface area (Å²) in [6.45, 7) is 5.55. The van der Waals surface area contributed by atoms with Crippen LogP contribution in [0.5, 0.6) is 11.5 Å². The molecule has 1 aliphatic heterocycles. The Morgan fingerprint density at radius 3 is 2.96 bits per heavy atom. The van der Waals surface area contributed by atoms with Crippen molar-refractivity contribution in [1.82, 2.24) is 10.4 Å². The molecule has 9 heteroatoms. The minimum Gasteiger partial charge on any atom is -0.493 e. The molecule has 0 spiro atoms. The standard InChI is InChI=1S/C19H24N4O4S/c1-3-27-16-5-4-14(10-17(16)25-2)12-20-22-18(24)11-15-13-28-19(21-15)23-6-8-26-9-7-23/h4-5,10,12-13H,3,6-9,11H2,1-2H3,(H,22,24)/b20-12-. The molecule has 0 saturated carbocycles. The lowest BCUT2D eigenvalue weighted by Crippen LogP contribution is -2.36. The van der Waals surface area contributed by atoms with Crippen molar-refractivity contribution < 1.29 is 19.0 Å². The predicted octanol–water partition coefficient (Wildman–Crippen LogP) is 2.08. The number of hydrogen-bond acceptors (Lipinski definition) is 8. The van der Waals surface area contributed by atoms with Gasteiger partial charge >= 0.3 is 0 Å². The van der Waals surface area contributed by atoms with Crippen LogP contribution in [0.1, 0.15) is 18.2 Å². The second-order valence-corrected chi connectivity index (χ2v) is 6.87. The second-order valence-electron chi connectivity index (χ2n) is 6.03. The molecule has 8 nitrogen and oxygen atoms in total. The number of thiazole rings is 1. The Morgan fingerprint density at radius 2 is 2.21 bits per heavy atom. The summed E-state index contributed by atoms with van der Waals surface area (Å²) in [6, 6.07) is 5.46. The summed E-state index contributed by atoms with van der Waals surface area (Å²) in [5.41, 5.74) is 4.07. The number of nitrogens with one attached hydrogen (secondary N) is 1. The fourth-order valence-electron chi connectivity index (χ4n) is 2.70. The quantitative estimate of drug-likeness (QED) is 0.536. The Balaban J connectivity index is 1.52. The monoisotopic (exact) mass is 404 g/mol. The van der Waals surface area contributed by atoms with Crippen LogP contribution in [-0.2, 0) is 16.0 Å². The predicted molar refractivity (Wildman–Crippen MR) is 109 cm³/mol. The molecule has 1 aliphatic rings. The molecule has 1 fully saturated rings. The van der Waals surface area contributed by atoms with Crippen LogP contribution >= 0.6 is 11.3 Å². The van der Waals surface area contributed by atoms with Crippen LogP contribution in [-0.4, -0.2) is 57.1 Å². The number of ether oxygens (including phenoxy) is 3. The van der Waals surface area contributed by atoms with Crippen molar-refractivity contribution >= 4 is 28.6 Å². The van der Waals surface area contributed by atoms with Crippen molar-refractivity contribution in [3.63, 3.8) is 0 Å². The summed E-state index contributed by atoms with van der Waals surface area (Å²) < 4.78 is 16.1. The number of hydrazone groups is 1. The molecule has 28 heavy (non-hydrogen) atoms. The van der Waals surface area contributed by atoms with Gasteiger partial charge in [-0.15, -0.1) is 11.3 Å². The molecule has 1 saturated heterocycles. The number of benzene rings is 1. The summed E-state index contributed by atoms with van der Waals surface area (Å²) in [4.78, 5) is 18.8. The fraction of sp³-hybridized carbons (Fsp3) is 0.421. The van der Waals surface area contributed by atoms with Crippen molar-refractivity contribution in [3.8, 4) is 11.5 Å². The van der Waals surface area contributed by atoms with Crippen LogP contribution in [0.25, 0.3) is 0 Å². The minimum absolute atomic E-state index is 0.185.